The number of benzene rings is 1. The Labute approximate surface area is 121 Å². The summed E-state index contributed by atoms with van der Waals surface area (Å²) < 4.78 is 5.00. The van der Waals surface area contributed by atoms with Gasteiger partial charge in [0.05, 0.1) is 12.7 Å². The number of phenolic OH excluding ortho intramolecular Hbond substituents is 1. The van der Waals surface area contributed by atoms with Crippen LogP contribution in [0.3, 0.4) is 0 Å². The van der Waals surface area contributed by atoms with Crippen LogP contribution in [0.2, 0.25) is 0 Å². The van der Waals surface area contributed by atoms with Crippen LogP contribution in [0.5, 0.6) is 11.5 Å². The van der Waals surface area contributed by atoms with E-state index in [1.54, 1.807) is 18.2 Å². The summed E-state index contributed by atoms with van der Waals surface area (Å²) in [5.41, 5.74) is 0.250. The van der Waals surface area contributed by atoms with E-state index in [0.717, 1.165) is 19.3 Å². The summed E-state index contributed by atoms with van der Waals surface area (Å²) in [5.74, 6) is 0.616. The SMILES string of the molecule is COc1cccc(C(=O)NC(C)CCCC(C)C)c1O. The summed E-state index contributed by atoms with van der Waals surface area (Å²) in [6, 6.07) is 5.00. The molecule has 0 radical (unpaired) electrons. The smallest absolute Gasteiger partial charge is 0.255 e. The van der Waals surface area contributed by atoms with E-state index >= 15 is 0 Å². The summed E-state index contributed by atoms with van der Waals surface area (Å²) in [7, 11) is 1.46. The van der Waals surface area contributed by atoms with Gasteiger partial charge in [0.15, 0.2) is 11.5 Å². The second-order valence-electron chi connectivity index (χ2n) is 5.56. The molecule has 0 aliphatic carbocycles. The predicted molar refractivity (Wildman–Crippen MR) is 80.3 cm³/mol. The monoisotopic (exact) mass is 279 g/mol. The first kappa shape index (κ1) is 16.3. The highest BCUT2D eigenvalue weighted by Crippen LogP contribution is 2.29. The lowest BCUT2D eigenvalue weighted by Crippen LogP contribution is -2.32. The van der Waals surface area contributed by atoms with Crippen LogP contribution < -0.4 is 10.1 Å². The number of phenols is 1. The number of rotatable bonds is 7. The highest BCUT2D eigenvalue weighted by Gasteiger charge is 2.16. The van der Waals surface area contributed by atoms with Crippen LogP contribution in [0.1, 0.15) is 50.4 Å². The summed E-state index contributed by atoms with van der Waals surface area (Å²) in [4.78, 5) is 12.1. The Kier molecular flexibility index (Phi) is 6.36. The molecule has 0 bridgehead atoms. The van der Waals surface area contributed by atoms with Crippen molar-refractivity contribution in [1.29, 1.82) is 0 Å². The Hall–Kier alpha value is -1.71. The molecular weight excluding hydrogens is 254 g/mol. The van der Waals surface area contributed by atoms with Crippen LogP contribution in [-0.2, 0) is 0 Å². The van der Waals surface area contributed by atoms with Gasteiger partial charge in [-0.05, 0) is 31.4 Å². The number of aromatic hydroxyl groups is 1. The topological polar surface area (TPSA) is 58.6 Å². The number of hydrogen-bond donors (Lipinski definition) is 2. The first-order chi connectivity index (χ1) is 9.45. The molecule has 112 valence electrons. The van der Waals surface area contributed by atoms with E-state index < -0.39 is 0 Å². The van der Waals surface area contributed by atoms with Crippen molar-refractivity contribution in [3.63, 3.8) is 0 Å². The zero-order chi connectivity index (χ0) is 15.1. The largest absolute Gasteiger partial charge is 0.504 e. The van der Waals surface area contributed by atoms with Gasteiger partial charge in [-0.2, -0.15) is 0 Å². The minimum absolute atomic E-state index is 0.0897. The summed E-state index contributed by atoms with van der Waals surface area (Å²) >= 11 is 0. The van der Waals surface area contributed by atoms with Crippen LogP contribution in [0.4, 0.5) is 0 Å². The maximum Gasteiger partial charge on any atom is 0.255 e. The van der Waals surface area contributed by atoms with E-state index in [0.29, 0.717) is 11.7 Å². The van der Waals surface area contributed by atoms with E-state index in [1.165, 1.54) is 7.11 Å². The van der Waals surface area contributed by atoms with Gasteiger partial charge < -0.3 is 15.2 Å². The van der Waals surface area contributed by atoms with Gasteiger partial charge in [0.1, 0.15) is 0 Å². The molecule has 1 aromatic rings. The zero-order valence-corrected chi connectivity index (χ0v) is 12.8. The van der Waals surface area contributed by atoms with E-state index in [1.807, 2.05) is 6.92 Å². The van der Waals surface area contributed by atoms with Gasteiger partial charge in [-0.1, -0.05) is 32.8 Å². The zero-order valence-electron chi connectivity index (χ0n) is 12.8. The molecule has 0 saturated carbocycles. The molecule has 2 N–H and O–H groups in total. The predicted octanol–water partition coefficient (Wildman–Crippen LogP) is 3.35. The van der Waals surface area contributed by atoms with E-state index in [-0.39, 0.29) is 23.3 Å². The third-order valence-corrected chi connectivity index (χ3v) is 3.26. The average molecular weight is 279 g/mol. The second kappa shape index (κ2) is 7.78. The third-order valence-electron chi connectivity index (χ3n) is 3.26. The van der Waals surface area contributed by atoms with E-state index in [2.05, 4.69) is 19.2 Å². The first-order valence-corrected chi connectivity index (χ1v) is 7.12. The Balaban J connectivity index is 2.58. The van der Waals surface area contributed by atoms with Gasteiger partial charge in [-0.25, -0.2) is 0 Å². The second-order valence-corrected chi connectivity index (χ2v) is 5.56. The first-order valence-electron chi connectivity index (χ1n) is 7.12. The van der Waals surface area contributed by atoms with Crippen molar-refractivity contribution in [2.24, 2.45) is 5.92 Å². The lowest BCUT2D eigenvalue weighted by Gasteiger charge is -2.15. The van der Waals surface area contributed by atoms with Crippen molar-refractivity contribution in [3.8, 4) is 11.5 Å². The van der Waals surface area contributed by atoms with Crippen LogP contribution in [-0.4, -0.2) is 24.2 Å². The summed E-state index contributed by atoms with van der Waals surface area (Å²) in [6.07, 6.45) is 3.18. The Morgan fingerprint density at radius 1 is 1.30 bits per heavy atom. The number of amides is 1. The van der Waals surface area contributed by atoms with Crippen molar-refractivity contribution < 1.29 is 14.6 Å². The highest BCUT2D eigenvalue weighted by atomic mass is 16.5. The molecule has 0 saturated heterocycles. The molecule has 0 aliphatic heterocycles. The van der Waals surface area contributed by atoms with Crippen molar-refractivity contribution in [3.05, 3.63) is 23.8 Å². The maximum absolute atomic E-state index is 12.1. The molecule has 0 fully saturated rings. The number of para-hydroxylation sites is 1. The Morgan fingerprint density at radius 2 is 2.00 bits per heavy atom. The van der Waals surface area contributed by atoms with Gasteiger partial charge >= 0.3 is 0 Å². The van der Waals surface area contributed by atoms with Crippen molar-refractivity contribution >= 4 is 5.91 Å². The molecule has 0 aliphatic rings. The average Bonchev–Trinajstić information content (AvgIpc) is 2.38. The third kappa shape index (κ3) is 4.76. The molecule has 1 amide bonds. The minimum Gasteiger partial charge on any atom is -0.504 e. The number of hydrogen-bond acceptors (Lipinski definition) is 3. The van der Waals surface area contributed by atoms with Crippen molar-refractivity contribution in [2.45, 2.75) is 46.1 Å². The molecule has 4 nitrogen and oxygen atoms in total. The number of carbonyl (C=O) groups excluding carboxylic acids is 1. The van der Waals surface area contributed by atoms with Crippen molar-refractivity contribution in [1.82, 2.24) is 5.32 Å². The number of carbonyl (C=O) groups is 1. The highest BCUT2D eigenvalue weighted by molar-refractivity contribution is 5.97. The molecule has 1 aromatic carbocycles. The normalized spacial score (nSPS) is 12.2. The Bertz CT molecular complexity index is 443. The lowest BCUT2D eigenvalue weighted by molar-refractivity contribution is 0.0934. The molecule has 1 atom stereocenters. The van der Waals surface area contributed by atoms with Gasteiger partial charge in [-0.15, -0.1) is 0 Å². The summed E-state index contributed by atoms with van der Waals surface area (Å²) in [6.45, 7) is 6.37. The standard InChI is InChI=1S/C16H25NO3/c1-11(2)7-5-8-12(3)17-16(19)13-9-6-10-14(20-4)15(13)18/h6,9-12,18H,5,7-8H2,1-4H3,(H,17,19). The van der Waals surface area contributed by atoms with Gasteiger partial charge in [0.25, 0.3) is 5.91 Å². The van der Waals surface area contributed by atoms with Crippen LogP contribution in [0.25, 0.3) is 0 Å². The van der Waals surface area contributed by atoms with Gasteiger partial charge in [-0.3, -0.25) is 4.79 Å². The van der Waals surface area contributed by atoms with Crippen LogP contribution >= 0.6 is 0 Å². The Morgan fingerprint density at radius 3 is 2.60 bits per heavy atom. The number of ether oxygens (including phenoxy) is 1. The lowest BCUT2D eigenvalue weighted by atomic mass is 10.0. The number of methoxy groups -OCH3 is 1. The molecule has 20 heavy (non-hydrogen) atoms. The fourth-order valence-electron chi connectivity index (χ4n) is 2.08. The fourth-order valence-corrected chi connectivity index (χ4v) is 2.08. The maximum atomic E-state index is 12.1. The fraction of sp³-hybridized carbons (Fsp3) is 0.562. The number of nitrogens with one attached hydrogen (secondary N) is 1. The quantitative estimate of drug-likeness (QED) is 0.804. The molecule has 0 aromatic heterocycles. The van der Waals surface area contributed by atoms with E-state index in [4.69, 9.17) is 4.74 Å². The van der Waals surface area contributed by atoms with Crippen LogP contribution in [0.15, 0.2) is 18.2 Å². The minimum atomic E-state index is -0.265. The molecule has 4 heteroatoms. The van der Waals surface area contributed by atoms with Gasteiger partial charge in [0.2, 0.25) is 0 Å². The summed E-state index contributed by atoms with van der Waals surface area (Å²) in [5, 5.41) is 12.8. The van der Waals surface area contributed by atoms with Crippen LogP contribution in [0, 0.1) is 5.92 Å². The molecule has 0 spiro atoms. The van der Waals surface area contributed by atoms with Gasteiger partial charge in [0, 0.05) is 6.04 Å². The molecule has 1 rings (SSSR count). The molecular formula is C16H25NO3. The molecule has 1 unspecified atom stereocenters. The van der Waals surface area contributed by atoms with E-state index in [9.17, 15) is 9.90 Å². The molecule has 0 heterocycles. The van der Waals surface area contributed by atoms with Crippen molar-refractivity contribution in [2.75, 3.05) is 7.11 Å².